The summed E-state index contributed by atoms with van der Waals surface area (Å²) < 4.78 is 0. The van der Waals surface area contributed by atoms with Crippen molar-refractivity contribution in [3.05, 3.63) is 35.9 Å². The molecular formula is C16H24N2O. The van der Waals surface area contributed by atoms with Gasteiger partial charge < -0.3 is 10.6 Å². The van der Waals surface area contributed by atoms with Crippen LogP contribution in [0.4, 0.5) is 0 Å². The third-order valence-electron chi connectivity index (χ3n) is 4.27. The van der Waals surface area contributed by atoms with E-state index < -0.39 is 0 Å². The molecule has 1 aromatic rings. The van der Waals surface area contributed by atoms with Crippen LogP contribution in [0.3, 0.4) is 0 Å². The molecule has 0 aromatic heterocycles. The molecule has 1 fully saturated rings. The van der Waals surface area contributed by atoms with Crippen molar-refractivity contribution < 1.29 is 4.79 Å². The maximum absolute atomic E-state index is 12.4. The van der Waals surface area contributed by atoms with Crippen LogP contribution >= 0.6 is 0 Å². The van der Waals surface area contributed by atoms with Crippen LogP contribution < -0.4 is 5.73 Å². The molecule has 2 N–H and O–H groups in total. The Morgan fingerprint density at radius 3 is 2.74 bits per heavy atom. The molecule has 1 atom stereocenters. The number of hydrogen-bond acceptors (Lipinski definition) is 2. The summed E-state index contributed by atoms with van der Waals surface area (Å²) in [7, 11) is 0. The number of nitrogens with two attached hydrogens (primary N) is 1. The summed E-state index contributed by atoms with van der Waals surface area (Å²) in [6.07, 6.45) is 3.40. The maximum Gasteiger partial charge on any atom is 0.223 e. The van der Waals surface area contributed by atoms with Crippen molar-refractivity contribution >= 4 is 5.91 Å². The van der Waals surface area contributed by atoms with Crippen LogP contribution in [0.2, 0.25) is 0 Å². The highest BCUT2D eigenvalue weighted by Gasteiger charge is 2.38. The van der Waals surface area contributed by atoms with Gasteiger partial charge in [0, 0.05) is 19.0 Å². The van der Waals surface area contributed by atoms with Gasteiger partial charge in [-0.1, -0.05) is 30.3 Å². The number of carbonyl (C=O) groups excluding carboxylic acids is 1. The Morgan fingerprint density at radius 1 is 1.37 bits per heavy atom. The monoisotopic (exact) mass is 260 g/mol. The minimum atomic E-state index is -0.216. The first-order valence-corrected chi connectivity index (χ1v) is 7.12. The fourth-order valence-corrected chi connectivity index (χ4v) is 2.79. The van der Waals surface area contributed by atoms with E-state index in [0.717, 1.165) is 25.8 Å². The van der Waals surface area contributed by atoms with Crippen molar-refractivity contribution in [2.75, 3.05) is 6.54 Å². The van der Waals surface area contributed by atoms with Gasteiger partial charge in [0.25, 0.3) is 0 Å². The zero-order chi connectivity index (χ0) is 13.9. The van der Waals surface area contributed by atoms with E-state index in [0.29, 0.717) is 6.42 Å². The number of hydrogen-bond donors (Lipinski definition) is 1. The predicted molar refractivity (Wildman–Crippen MR) is 77.8 cm³/mol. The van der Waals surface area contributed by atoms with Gasteiger partial charge >= 0.3 is 0 Å². The number of nitrogens with zero attached hydrogens (tertiary/aromatic N) is 1. The average Bonchev–Trinajstić information content (AvgIpc) is 2.40. The van der Waals surface area contributed by atoms with E-state index in [4.69, 9.17) is 5.73 Å². The highest BCUT2D eigenvalue weighted by atomic mass is 16.2. The van der Waals surface area contributed by atoms with Crippen molar-refractivity contribution in [3.63, 3.8) is 0 Å². The van der Waals surface area contributed by atoms with Crippen molar-refractivity contribution in [1.82, 2.24) is 4.90 Å². The lowest BCUT2D eigenvalue weighted by Gasteiger charge is -2.46. The standard InChI is InChI=1S/C16H24N2O/c1-16(2)14(17)9-6-12-18(16)15(19)11-10-13-7-4-3-5-8-13/h3-5,7-8,14H,6,9-12,17H2,1-2H3. The number of likely N-dealkylation sites (tertiary alicyclic amines) is 1. The molecule has 0 radical (unpaired) electrons. The molecule has 19 heavy (non-hydrogen) atoms. The fourth-order valence-electron chi connectivity index (χ4n) is 2.79. The number of benzene rings is 1. The van der Waals surface area contributed by atoms with Gasteiger partial charge in [0.05, 0.1) is 5.54 Å². The van der Waals surface area contributed by atoms with Crippen LogP contribution in [0.15, 0.2) is 30.3 Å². The number of carbonyl (C=O) groups is 1. The topological polar surface area (TPSA) is 46.3 Å². The summed E-state index contributed by atoms with van der Waals surface area (Å²) in [6, 6.07) is 10.3. The lowest BCUT2D eigenvalue weighted by Crippen LogP contribution is -2.61. The quantitative estimate of drug-likeness (QED) is 0.906. The second-order valence-corrected chi connectivity index (χ2v) is 5.93. The Morgan fingerprint density at radius 2 is 2.05 bits per heavy atom. The van der Waals surface area contributed by atoms with Gasteiger partial charge in [-0.2, -0.15) is 0 Å². The molecule has 0 spiro atoms. The van der Waals surface area contributed by atoms with Crippen LogP contribution in [0.1, 0.15) is 38.7 Å². The molecule has 0 saturated carbocycles. The van der Waals surface area contributed by atoms with E-state index >= 15 is 0 Å². The van der Waals surface area contributed by atoms with E-state index in [9.17, 15) is 4.79 Å². The Labute approximate surface area is 115 Å². The van der Waals surface area contributed by atoms with Crippen LogP contribution in [-0.4, -0.2) is 28.9 Å². The number of aryl methyl sites for hydroxylation is 1. The van der Waals surface area contributed by atoms with Gasteiger partial charge in [-0.3, -0.25) is 4.79 Å². The molecule has 1 amide bonds. The lowest BCUT2D eigenvalue weighted by atomic mass is 9.85. The molecule has 1 aromatic carbocycles. The maximum atomic E-state index is 12.4. The highest BCUT2D eigenvalue weighted by Crippen LogP contribution is 2.27. The van der Waals surface area contributed by atoms with Gasteiger partial charge in [-0.15, -0.1) is 0 Å². The smallest absolute Gasteiger partial charge is 0.223 e. The van der Waals surface area contributed by atoms with Crippen LogP contribution in [0.5, 0.6) is 0 Å². The molecule has 0 aliphatic carbocycles. The Kier molecular flexibility index (Phi) is 4.25. The molecule has 1 heterocycles. The summed E-state index contributed by atoms with van der Waals surface area (Å²) in [4.78, 5) is 14.4. The summed E-state index contributed by atoms with van der Waals surface area (Å²) in [5, 5.41) is 0. The molecule has 2 rings (SSSR count). The van der Waals surface area contributed by atoms with Gasteiger partial charge in [-0.05, 0) is 38.7 Å². The van der Waals surface area contributed by atoms with Crippen LogP contribution in [-0.2, 0) is 11.2 Å². The second kappa shape index (κ2) is 5.74. The van der Waals surface area contributed by atoms with E-state index in [1.807, 2.05) is 23.1 Å². The van der Waals surface area contributed by atoms with Crippen molar-refractivity contribution in [3.8, 4) is 0 Å². The van der Waals surface area contributed by atoms with E-state index in [1.54, 1.807) is 0 Å². The first-order chi connectivity index (χ1) is 9.01. The lowest BCUT2D eigenvalue weighted by molar-refractivity contribution is -0.139. The highest BCUT2D eigenvalue weighted by molar-refractivity contribution is 5.77. The third-order valence-corrected chi connectivity index (χ3v) is 4.27. The zero-order valence-electron chi connectivity index (χ0n) is 11.9. The largest absolute Gasteiger partial charge is 0.336 e. The van der Waals surface area contributed by atoms with E-state index in [-0.39, 0.29) is 17.5 Å². The second-order valence-electron chi connectivity index (χ2n) is 5.93. The molecular weight excluding hydrogens is 236 g/mol. The normalized spacial score (nSPS) is 22.3. The van der Waals surface area contributed by atoms with Gasteiger partial charge in [0.1, 0.15) is 0 Å². The predicted octanol–water partition coefficient (Wildman–Crippen LogP) is 2.35. The first kappa shape index (κ1) is 14.1. The molecule has 3 heteroatoms. The molecule has 1 saturated heterocycles. The zero-order valence-corrected chi connectivity index (χ0v) is 11.9. The Balaban J connectivity index is 1.96. The minimum absolute atomic E-state index is 0.0851. The summed E-state index contributed by atoms with van der Waals surface area (Å²) in [5.74, 6) is 0.226. The van der Waals surface area contributed by atoms with Crippen LogP contribution in [0.25, 0.3) is 0 Å². The Bertz CT molecular complexity index is 428. The minimum Gasteiger partial charge on any atom is -0.336 e. The summed E-state index contributed by atoms with van der Waals surface area (Å²) in [6.45, 7) is 5.00. The summed E-state index contributed by atoms with van der Waals surface area (Å²) in [5.41, 5.74) is 7.16. The van der Waals surface area contributed by atoms with Crippen LogP contribution in [0, 0.1) is 0 Å². The number of piperidine rings is 1. The van der Waals surface area contributed by atoms with Crippen molar-refractivity contribution in [1.29, 1.82) is 0 Å². The van der Waals surface area contributed by atoms with Gasteiger partial charge in [0.15, 0.2) is 0 Å². The van der Waals surface area contributed by atoms with E-state index in [2.05, 4.69) is 26.0 Å². The van der Waals surface area contributed by atoms with Crippen molar-refractivity contribution in [2.24, 2.45) is 5.73 Å². The summed E-state index contributed by atoms with van der Waals surface area (Å²) >= 11 is 0. The van der Waals surface area contributed by atoms with Gasteiger partial charge in [0.2, 0.25) is 5.91 Å². The SMILES string of the molecule is CC1(C)C(N)CCCN1C(=O)CCc1ccccc1. The third kappa shape index (κ3) is 3.16. The molecule has 1 aliphatic heterocycles. The fraction of sp³-hybridized carbons (Fsp3) is 0.562. The van der Waals surface area contributed by atoms with Crippen molar-refractivity contribution in [2.45, 2.75) is 51.1 Å². The van der Waals surface area contributed by atoms with E-state index in [1.165, 1.54) is 5.56 Å². The average molecular weight is 260 g/mol. The molecule has 104 valence electrons. The molecule has 1 aliphatic rings. The molecule has 3 nitrogen and oxygen atoms in total. The molecule has 1 unspecified atom stereocenters. The first-order valence-electron chi connectivity index (χ1n) is 7.12. The number of rotatable bonds is 3. The number of amides is 1. The van der Waals surface area contributed by atoms with Gasteiger partial charge in [-0.25, -0.2) is 0 Å². The Hall–Kier alpha value is -1.35. The molecule has 0 bridgehead atoms.